The highest BCUT2D eigenvalue weighted by Crippen LogP contribution is 2.27. The van der Waals surface area contributed by atoms with Crippen LogP contribution in [0.15, 0.2) is 0 Å². The maximum absolute atomic E-state index is 9.94. The van der Waals surface area contributed by atoms with Gasteiger partial charge >= 0.3 is 0 Å². The van der Waals surface area contributed by atoms with Crippen LogP contribution in [0.25, 0.3) is 0 Å². The molecule has 0 atom stereocenters. The average Bonchev–Trinajstić information content (AvgIpc) is 2.08. The van der Waals surface area contributed by atoms with Crippen molar-refractivity contribution in [2.45, 2.75) is 44.2 Å². The van der Waals surface area contributed by atoms with E-state index in [2.05, 4.69) is 0 Å². The van der Waals surface area contributed by atoms with E-state index in [1.807, 2.05) is 6.92 Å². The summed E-state index contributed by atoms with van der Waals surface area (Å²) < 4.78 is 5.22. The van der Waals surface area contributed by atoms with E-state index in [-0.39, 0.29) is 6.04 Å². The normalized spacial score (nSPS) is 36.8. The molecule has 1 saturated carbocycles. The van der Waals surface area contributed by atoms with Gasteiger partial charge in [-0.15, -0.1) is 0 Å². The molecule has 3 heteroatoms. The van der Waals surface area contributed by atoms with E-state index in [4.69, 9.17) is 10.5 Å². The molecule has 72 valence electrons. The third-order valence-corrected chi connectivity index (χ3v) is 2.54. The lowest BCUT2D eigenvalue weighted by Gasteiger charge is -2.34. The predicted molar refractivity (Wildman–Crippen MR) is 47.9 cm³/mol. The van der Waals surface area contributed by atoms with Crippen molar-refractivity contribution in [3.63, 3.8) is 0 Å². The van der Waals surface area contributed by atoms with Crippen molar-refractivity contribution in [3.05, 3.63) is 0 Å². The molecule has 0 aromatic carbocycles. The second-order valence-corrected chi connectivity index (χ2v) is 3.70. The third kappa shape index (κ3) is 2.73. The number of ether oxygens (including phenoxy) is 1. The molecule has 12 heavy (non-hydrogen) atoms. The van der Waals surface area contributed by atoms with E-state index >= 15 is 0 Å². The Kier molecular flexibility index (Phi) is 3.50. The Labute approximate surface area is 73.9 Å². The Balaban J connectivity index is 2.29. The number of aliphatic hydroxyl groups is 1. The molecule has 1 aliphatic rings. The molecular weight excluding hydrogens is 154 g/mol. The van der Waals surface area contributed by atoms with Crippen LogP contribution >= 0.6 is 0 Å². The van der Waals surface area contributed by atoms with E-state index in [0.717, 1.165) is 25.7 Å². The molecule has 0 aliphatic heterocycles. The Morgan fingerprint density at radius 2 is 2.08 bits per heavy atom. The summed E-state index contributed by atoms with van der Waals surface area (Å²) in [6.07, 6.45) is 3.41. The maximum atomic E-state index is 9.94. The van der Waals surface area contributed by atoms with E-state index < -0.39 is 5.60 Å². The molecule has 0 unspecified atom stereocenters. The largest absolute Gasteiger partial charge is 0.387 e. The molecule has 0 saturated heterocycles. The number of rotatable bonds is 3. The monoisotopic (exact) mass is 173 g/mol. The van der Waals surface area contributed by atoms with Crippen molar-refractivity contribution >= 4 is 0 Å². The van der Waals surface area contributed by atoms with Crippen LogP contribution in [0, 0.1) is 0 Å². The molecule has 3 N–H and O–H groups in total. The van der Waals surface area contributed by atoms with Gasteiger partial charge in [-0.3, -0.25) is 0 Å². The quantitative estimate of drug-likeness (QED) is 0.659. The zero-order valence-electron chi connectivity index (χ0n) is 7.75. The molecule has 0 bridgehead atoms. The molecule has 1 aliphatic carbocycles. The van der Waals surface area contributed by atoms with Crippen LogP contribution in [-0.4, -0.2) is 30.0 Å². The highest BCUT2D eigenvalue weighted by Gasteiger charge is 2.31. The fourth-order valence-electron chi connectivity index (χ4n) is 1.61. The predicted octanol–water partition coefficient (Wildman–Crippen LogP) is 0.655. The summed E-state index contributed by atoms with van der Waals surface area (Å²) in [4.78, 5) is 0. The van der Waals surface area contributed by atoms with Crippen LogP contribution in [0.5, 0.6) is 0 Å². The van der Waals surface area contributed by atoms with Crippen molar-refractivity contribution in [3.8, 4) is 0 Å². The van der Waals surface area contributed by atoms with E-state index in [9.17, 15) is 5.11 Å². The molecule has 0 heterocycles. The molecule has 1 fully saturated rings. The van der Waals surface area contributed by atoms with Crippen molar-refractivity contribution in [1.82, 2.24) is 0 Å². The highest BCUT2D eigenvalue weighted by atomic mass is 16.5. The van der Waals surface area contributed by atoms with Gasteiger partial charge in [-0.2, -0.15) is 0 Å². The van der Waals surface area contributed by atoms with Crippen LogP contribution in [0.4, 0.5) is 0 Å². The second kappa shape index (κ2) is 4.21. The summed E-state index contributed by atoms with van der Waals surface area (Å²) in [5.41, 5.74) is 5.14. The standard InChI is InChI=1S/C9H19NO2/c1-2-12-7-9(11)5-3-8(10)4-6-9/h8,11H,2-7,10H2,1H3. The molecule has 0 amide bonds. The minimum Gasteiger partial charge on any atom is -0.387 e. The zero-order chi connectivity index (χ0) is 9.03. The molecule has 0 aromatic heterocycles. The molecule has 1 rings (SSSR count). The summed E-state index contributed by atoms with van der Waals surface area (Å²) >= 11 is 0. The van der Waals surface area contributed by atoms with Gasteiger partial charge < -0.3 is 15.6 Å². The van der Waals surface area contributed by atoms with Gasteiger partial charge in [0.05, 0.1) is 12.2 Å². The van der Waals surface area contributed by atoms with E-state index in [1.54, 1.807) is 0 Å². The minimum absolute atomic E-state index is 0.284. The van der Waals surface area contributed by atoms with Crippen LogP contribution < -0.4 is 5.73 Å². The summed E-state index contributed by atoms with van der Waals surface area (Å²) in [6.45, 7) is 3.09. The highest BCUT2D eigenvalue weighted by molar-refractivity contribution is 4.86. The van der Waals surface area contributed by atoms with Crippen molar-refractivity contribution in [1.29, 1.82) is 0 Å². The van der Waals surface area contributed by atoms with Gasteiger partial charge in [0.1, 0.15) is 0 Å². The summed E-state index contributed by atoms with van der Waals surface area (Å²) in [5, 5.41) is 9.94. The Morgan fingerprint density at radius 1 is 1.50 bits per heavy atom. The van der Waals surface area contributed by atoms with Crippen molar-refractivity contribution < 1.29 is 9.84 Å². The Bertz CT molecular complexity index is 125. The van der Waals surface area contributed by atoms with Gasteiger partial charge in [-0.05, 0) is 32.6 Å². The molecule has 0 radical (unpaired) electrons. The lowest BCUT2D eigenvalue weighted by molar-refractivity contribution is -0.0682. The molecule has 3 nitrogen and oxygen atoms in total. The first kappa shape index (κ1) is 9.96. The lowest BCUT2D eigenvalue weighted by Crippen LogP contribution is -2.42. The SMILES string of the molecule is CCOCC1(O)CCC(N)CC1. The first-order valence-corrected chi connectivity index (χ1v) is 4.72. The van der Waals surface area contributed by atoms with Crippen molar-refractivity contribution in [2.75, 3.05) is 13.2 Å². The van der Waals surface area contributed by atoms with Gasteiger partial charge in [-0.25, -0.2) is 0 Å². The topological polar surface area (TPSA) is 55.5 Å². The van der Waals surface area contributed by atoms with Crippen LogP contribution in [0.3, 0.4) is 0 Å². The summed E-state index contributed by atoms with van der Waals surface area (Å²) in [5.74, 6) is 0. The van der Waals surface area contributed by atoms with Crippen molar-refractivity contribution in [2.24, 2.45) is 5.73 Å². The fourth-order valence-corrected chi connectivity index (χ4v) is 1.61. The number of hydrogen-bond donors (Lipinski definition) is 2. The number of hydrogen-bond acceptors (Lipinski definition) is 3. The van der Waals surface area contributed by atoms with Gasteiger partial charge in [-0.1, -0.05) is 0 Å². The fraction of sp³-hybridized carbons (Fsp3) is 1.00. The molecular formula is C9H19NO2. The maximum Gasteiger partial charge on any atom is 0.0881 e. The van der Waals surface area contributed by atoms with Gasteiger partial charge in [0.2, 0.25) is 0 Å². The van der Waals surface area contributed by atoms with Gasteiger partial charge in [0.15, 0.2) is 0 Å². The third-order valence-electron chi connectivity index (χ3n) is 2.54. The van der Waals surface area contributed by atoms with Crippen LogP contribution in [0.1, 0.15) is 32.6 Å². The molecule has 0 spiro atoms. The van der Waals surface area contributed by atoms with Crippen LogP contribution in [0.2, 0.25) is 0 Å². The smallest absolute Gasteiger partial charge is 0.0881 e. The Hall–Kier alpha value is -0.120. The summed E-state index contributed by atoms with van der Waals surface area (Å²) in [7, 11) is 0. The van der Waals surface area contributed by atoms with Gasteiger partial charge in [0, 0.05) is 12.6 Å². The Morgan fingerprint density at radius 3 is 2.58 bits per heavy atom. The first-order chi connectivity index (χ1) is 5.66. The average molecular weight is 173 g/mol. The first-order valence-electron chi connectivity index (χ1n) is 4.72. The lowest BCUT2D eigenvalue weighted by atomic mass is 9.83. The van der Waals surface area contributed by atoms with E-state index in [0.29, 0.717) is 13.2 Å². The molecule has 0 aromatic rings. The second-order valence-electron chi connectivity index (χ2n) is 3.70. The van der Waals surface area contributed by atoms with Gasteiger partial charge in [0.25, 0.3) is 0 Å². The number of nitrogens with two attached hydrogens (primary N) is 1. The minimum atomic E-state index is -0.591. The zero-order valence-corrected chi connectivity index (χ0v) is 7.75. The van der Waals surface area contributed by atoms with E-state index in [1.165, 1.54) is 0 Å². The summed E-state index contributed by atoms with van der Waals surface area (Å²) in [6, 6.07) is 0.284. The van der Waals surface area contributed by atoms with Crippen LogP contribution in [-0.2, 0) is 4.74 Å².